The van der Waals surface area contributed by atoms with Crippen molar-refractivity contribution in [2.24, 2.45) is 0 Å². The number of halogens is 4. The Balaban J connectivity index is 0.00000176. The van der Waals surface area contributed by atoms with E-state index in [2.05, 4.69) is 5.10 Å². The largest absolute Gasteiger partial charge is 0.496 e. The molecule has 0 aliphatic heterocycles. The van der Waals surface area contributed by atoms with Crippen molar-refractivity contribution in [3.05, 3.63) is 29.4 Å². The molecule has 0 unspecified atom stereocenters. The van der Waals surface area contributed by atoms with Gasteiger partial charge in [-0.25, -0.2) is 4.68 Å². The minimum atomic E-state index is -5.03. The van der Waals surface area contributed by atoms with Crippen LogP contribution in [0.15, 0.2) is 24.4 Å². The summed E-state index contributed by atoms with van der Waals surface area (Å²) in [6.07, 6.45) is -3.66. The van der Waals surface area contributed by atoms with Gasteiger partial charge in [-0.05, 0) is 39.0 Å². The topological polar surface area (TPSA) is 56.1 Å². The molecule has 2 aromatic rings. The van der Waals surface area contributed by atoms with Gasteiger partial charge < -0.3 is 10.1 Å². The Labute approximate surface area is 161 Å². The number of methoxy groups -OCH3 is 1. The molecular formula is C18H23ClF3N3O2. The van der Waals surface area contributed by atoms with Crippen molar-refractivity contribution in [1.29, 1.82) is 0 Å². The molecular weight excluding hydrogens is 383 g/mol. The van der Waals surface area contributed by atoms with Gasteiger partial charge in [0.05, 0.1) is 18.8 Å². The number of benzene rings is 1. The first-order valence-corrected chi connectivity index (χ1v) is 8.63. The molecule has 0 saturated carbocycles. The van der Waals surface area contributed by atoms with E-state index in [9.17, 15) is 18.0 Å². The zero-order valence-corrected chi connectivity index (χ0v) is 16.8. The second-order valence-electron chi connectivity index (χ2n) is 6.29. The van der Waals surface area contributed by atoms with Gasteiger partial charge >= 0.3 is 12.1 Å². The predicted molar refractivity (Wildman–Crippen MR) is 100 cm³/mol. The number of nitrogens with one attached hydrogen (secondary N) is 1. The van der Waals surface area contributed by atoms with E-state index >= 15 is 0 Å². The molecule has 1 heterocycles. The van der Waals surface area contributed by atoms with Crippen LogP contribution in [0.3, 0.4) is 0 Å². The van der Waals surface area contributed by atoms with Gasteiger partial charge in [0.1, 0.15) is 11.6 Å². The van der Waals surface area contributed by atoms with E-state index in [4.69, 9.17) is 16.3 Å². The highest BCUT2D eigenvalue weighted by Gasteiger charge is 2.40. The van der Waals surface area contributed by atoms with Crippen molar-refractivity contribution in [3.8, 4) is 16.9 Å². The van der Waals surface area contributed by atoms with Crippen LogP contribution in [0.4, 0.5) is 19.0 Å². The Morgan fingerprint density at radius 1 is 1.19 bits per heavy atom. The number of aromatic nitrogens is 2. The molecule has 5 nitrogen and oxygen atoms in total. The number of carbonyl (C=O) groups is 1. The molecule has 27 heavy (non-hydrogen) atoms. The Hall–Kier alpha value is -2.22. The van der Waals surface area contributed by atoms with E-state index in [1.54, 1.807) is 32.9 Å². The fraction of sp³-hybridized carbons (Fsp3) is 0.444. The lowest BCUT2D eigenvalue weighted by atomic mass is 10.1. The van der Waals surface area contributed by atoms with Gasteiger partial charge in [0.15, 0.2) is 0 Å². The normalized spacial score (nSPS) is 11.5. The maximum absolute atomic E-state index is 12.7. The molecule has 0 aliphatic rings. The third-order valence-corrected chi connectivity index (χ3v) is 3.58. The Morgan fingerprint density at radius 3 is 2.26 bits per heavy atom. The molecule has 0 saturated heterocycles. The highest BCUT2D eigenvalue weighted by atomic mass is 35.5. The van der Waals surface area contributed by atoms with E-state index in [1.807, 2.05) is 19.2 Å². The molecule has 150 valence electrons. The third kappa shape index (κ3) is 5.38. The summed E-state index contributed by atoms with van der Waals surface area (Å²) in [6, 6.07) is 4.71. The first kappa shape index (κ1) is 22.8. The number of anilines is 1. The summed E-state index contributed by atoms with van der Waals surface area (Å²) in [4.78, 5) is 11.5. The highest BCUT2D eigenvalue weighted by molar-refractivity contribution is 6.31. The van der Waals surface area contributed by atoms with Crippen LogP contribution >= 0.6 is 11.6 Å². The first-order chi connectivity index (χ1) is 12.4. The molecule has 2 rings (SSSR count). The molecule has 1 aromatic heterocycles. The number of nitrogens with zero attached hydrogens (tertiary/aromatic N) is 2. The monoisotopic (exact) mass is 405 g/mol. The van der Waals surface area contributed by atoms with Crippen LogP contribution in [0.2, 0.25) is 5.02 Å². The number of hydrogen-bond donors (Lipinski definition) is 1. The summed E-state index contributed by atoms with van der Waals surface area (Å²) in [6.45, 7) is 9.26. The number of alkyl halides is 3. The number of rotatable bonds is 3. The van der Waals surface area contributed by atoms with Crippen LogP contribution in [0.25, 0.3) is 11.1 Å². The van der Waals surface area contributed by atoms with E-state index in [0.717, 1.165) is 0 Å². The van der Waals surface area contributed by atoms with Crippen LogP contribution in [0.1, 0.15) is 34.6 Å². The zero-order valence-electron chi connectivity index (χ0n) is 16.0. The summed E-state index contributed by atoms with van der Waals surface area (Å²) in [5.41, 5.74) is 0.0213. The maximum atomic E-state index is 12.7. The van der Waals surface area contributed by atoms with E-state index in [0.29, 0.717) is 16.3 Å². The van der Waals surface area contributed by atoms with Crippen molar-refractivity contribution >= 4 is 23.3 Å². The zero-order chi connectivity index (χ0) is 21.0. The van der Waals surface area contributed by atoms with Gasteiger partial charge in [-0.2, -0.15) is 18.3 Å². The van der Waals surface area contributed by atoms with Crippen molar-refractivity contribution in [2.45, 2.75) is 46.3 Å². The van der Waals surface area contributed by atoms with Gasteiger partial charge in [-0.3, -0.25) is 4.79 Å². The van der Waals surface area contributed by atoms with Crippen LogP contribution in [-0.2, 0) is 10.3 Å². The molecule has 0 aliphatic carbocycles. The van der Waals surface area contributed by atoms with Crippen LogP contribution in [0, 0.1) is 0 Å². The summed E-state index contributed by atoms with van der Waals surface area (Å²) in [5.74, 6) is -1.78. The summed E-state index contributed by atoms with van der Waals surface area (Å²) in [5, 5.41) is 6.42. The number of carbonyl (C=O) groups excluding carboxylic acids is 1. The van der Waals surface area contributed by atoms with Crippen molar-refractivity contribution < 1.29 is 22.7 Å². The molecule has 9 heteroatoms. The van der Waals surface area contributed by atoms with Gasteiger partial charge in [0.2, 0.25) is 0 Å². The molecule has 0 fully saturated rings. The van der Waals surface area contributed by atoms with Crippen LogP contribution in [-0.4, -0.2) is 29.0 Å². The quantitative estimate of drug-likeness (QED) is 0.734. The molecule has 0 spiro atoms. The Morgan fingerprint density at radius 2 is 1.78 bits per heavy atom. The van der Waals surface area contributed by atoms with Gasteiger partial charge in [-0.1, -0.05) is 25.4 Å². The maximum Gasteiger partial charge on any atom is 0.471 e. The molecule has 0 atom stereocenters. The predicted octanol–water partition coefficient (Wildman–Crippen LogP) is 5.49. The van der Waals surface area contributed by atoms with Gasteiger partial charge in [0, 0.05) is 16.1 Å². The SMILES string of the molecule is CC.COc1ccc(Cl)cc1-c1cnn(C(C)(C)C)c1NC(=O)C(F)(F)F. The van der Waals surface area contributed by atoms with Crippen molar-refractivity contribution in [3.63, 3.8) is 0 Å². The van der Waals surface area contributed by atoms with Gasteiger partial charge in [-0.15, -0.1) is 0 Å². The first-order valence-electron chi connectivity index (χ1n) is 8.25. The fourth-order valence-electron chi connectivity index (χ4n) is 2.24. The standard InChI is InChI=1S/C16H17ClF3N3O2.C2H6/c1-15(2,3)23-13(22-14(24)16(18,19)20)11(8-21-23)10-7-9(17)5-6-12(10)25-4;1-2/h5-8H,1-4H3,(H,22,24);1-2H3. The average molecular weight is 406 g/mol. The summed E-state index contributed by atoms with van der Waals surface area (Å²) in [7, 11) is 1.43. The van der Waals surface area contributed by atoms with E-state index in [-0.39, 0.29) is 11.4 Å². The van der Waals surface area contributed by atoms with Crippen molar-refractivity contribution in [2.75, 3.05) is 12.4 Å². The molecule has 1 amide bonds. The minimum absolute atomic E-state index is 0.0876. The second kappa shape index (κ2) is 8.65. The Kier molecular flexibility index (Phi) is 7.31. The summed E-state index contributed by atoms with van der Waals surface area (Å²) < 4.78 is 44.7. The summed E-state index contributed by atoms with van der Waals surface area (Å²) >= 11 is 6.00. The molecule has 1 aromatic carbocycles. The fourth-order valence-corrected chi connectivity index (χ4v) is 2.42. The van der Waals surface area contributed by atoms with E-state index in [1.165, 1.54) is 24.1 Å². The lowest BCUT2D eigenvalue weighted by Gasteiger charge is -2.23. The average Bonchev–Trinajstić information content (AvgIpc) is 2.99. The van der Waals surface area contributed by atoms with Crippen molar-refractivity contribution in [1.82, 2.24) is 9.78 Å². The van der Waals surface area contributed by atoms with Crippen LogP contribution < -0.4 is 10.1 Å². The number of ether oxygens (including phenoxy) is 1. The molecule has 0 radical (unpaired) electrons. The molecule has 1 N–H and O–H groups in total. The number of hydrogen-bond acceptors (Lipinski definition) is 3. The number of amides is 1. The second-order valence-corrected chi connectivity index (χ2v) is 6.72. The molecule has 0 bridgehead atoms. The minimum Gasteiger partial charge on any atom is -0.496 e. The third-order valence-electron chi connectivity index (χ3n) is 3.35. The highest BCUT2D eigenvalue weighted by Crippen LogP contribution is 2.39. The lowest BCUT2D eigenvalue weighted by Crippen LogP contribution is -2.33. The van der Waals surface area contributed by atoms with E-state index < -0.39 is 17.6 Å². The smallest absolute Gasteiger partial charge is 0.471 e. The van der Waals surface area contributed by atoms with Gasteiger partial charge in [0.25, 0.3) is 0 Å². The Bertz CT molecular complexity index is 796. The van der Waals surface area contributed by atoms with Crippen LogP contribution in [0.5, 0.6) is 5.75 Å². The lowest BCUT2D eigenvalue weighted by molar-refractivity contribution is -0.167.